The first kappa shape index (κ1) is 17.5. The van der Waals surface area contributed by atoms with Gasteiger partial charge in [-0.2, -0.15) is 0 Å². The molecule has 0 saturated carbocycles. The van der Waals surface area contributed by atoms with Crippen molar-refractivity contribution in [3.05, 3.63) is 54.1 Å². The van der Waals surface area contributed by atoms with Crippen molar-refractivity contribution in [1.82, 2.24) is 10.6 Å². The molecule has 0 atom stereocenters. The Kier molecular flexibility index (Phi) is 6.76. The van der Waals surface area contributed by atoms with Crippen LogP contribution in [0.3, 0.4) is 0 Å². The maximum Gasteiger partial charge on any atom is 0.317 e. The first-order valence-electron chi connectivity index (χ1n) is 7.72. The van der Waals surface area contributed by atoms with E-state index < -0.39 is 0 Å². The van der Waals surface area contributed by atoms with Gasteiger partial charge in [0.1, 0.15) is 5.75 Å². The van der Waals surface area contributed by atoms with Crippen LogP contribution in [0.2, 0.25) is 0 Å². The van der Waals surface area contributed by atoms with Gasteiger partial charge in [-0.1, -0.05) is 30.3 Å². The fourth-order valence-electron chi connectivity index (χ4n) is 2.11. The standard InChI is InChI=1S/C18H22N2O4/c1-3-23-16-10-6-7-11-17(16)24-13-20-18(21)19-12-14-8-4-5-9-15(14)22-2/h4-11H,3,12-13H2,1-2H3,(H2,19,20,21). The Morgan fingerprint density at radius 2 is 1.54 bits per heavy atom. The Bertz CT molecular complexity index is 661. The van der Waals surface area contributed by atoms with Gasteiger partial charge in [0.05, 0.1) is 13.7 Å². The van der Waals surface area contributed by atoms with Crippen LogP contribution >= 0.6 is 0 Å². The van der Waals surface area contributed by atoms with Crippen LogP contribution in [0.15, 0.2) is 48.5 Å². The Balaban J connectivity index is 1.78. The number of ether oxygens (including phenoxy) is 3. The highest BCUT2D eigenvalue weighted by Gasteiger charge is 2.06. The van der Waals surface area contributed by atoms with Crippen LogP contribution in [0, 0.1) is 0 Å². The molecule has 2 aromatic carbocycles. The lowest BCUT2D eigenvalue weighted by Gasteiger charge is -2.13. The van der Waals surface area contributed by atoms with Gasteiger partial charge in [0.2, 0.25) is 0 Å². The summed E-state index contributed by atoms with van der Waals surface area (Å²) in [4.78, 5) is 11.8. The van der Waals surface area contributed by atoms with Crippen LogP contribution in [0.25, 0.3) is 0 Å². The van der Waals surface area contributed by atoms with E-state index in [0.717, 1.165) is 11.3 Å². The minimum absolute atomic E-state index is 0.0435. The van der Waals surface area contributed by atoms with Crippen LogP contribution < -0.4 is 24.8 Å². The topological polar surface area (TPSA) is 68.8 Å². The third-order valence-corrected chi connectivity index (χ3v) is 3.24. The smallest absolute Gasteiger partial charge is 0.317 e. The number of hydrogen-bond acceptors (Lipinski definition) is 4. The van der Waals surface area contributed by atoms with Crippen molar-refractivity contribution in [3.8, 4) is 17.2 Å². The van der Waals surface area contributed by atoms with Gasteiger partial charge in [0.15, 0.2) is 18.2 Å². The van der Waals surface area contributed by atoms with E-state index in [1.807, 2.05) is 49.4 Å². The van der Waals surface area contributed by atoms with Crippen molar-refractivity contribution in [2.24, 2.45) is 0 Å². The average Bonchev–Trinajstić information content (AvgIpc) is 2.62. The van der Waals surface area contributed by atoms with Gasteiger partial charge < -0.3 is 24.8 Å². The molecule has 0 radical (unpaired) electrons. The van der Waals surface area contributed by atoms with E-state index in [-0.39, 0.29) is 12.8 Å². The van der Waals surface area contributed by atoms with E-state index >= 15 is 0 Å². The number of benzene rings is 2. The summed E-state index contributed by atoms with van der Waals surface area (Å²) in [5, 5.41) is 5.40. The lowest BCUT2D eigenvalue weighted by Crippen LogP contribution is -2.37. The molecule has 0 fully saturated rings. The van der Waals surface area contributed by atoms with Crippen molar-refractivity contribution >= 4 is 6.03 Å². The lowest BCUT2D eigenvalue weighted by atomic mass is 10.2. The highest BCUT2D eigenvalue weighted by atomic mass is 16.5. The number of carbonyl (C=O) groups is 1. The van der Waals surface area contributed by atoms with Gasteiger partial charge in [0, 0.05) is 12.1 Å². The molecular weight excluding hydrogens is 308 g/mol. The summed E-state index contributed by atoms with van der Waals surface area (Å²) in [5.74, 6) is 1.97. The number of amides is 2. The second-order valence-corrected chi connectivity index (χ2v) is 4.84. The van der Waals surface area contributed by atoms with Gasteiger partial charge >= 0.3 is 6.03 Å². The van der Waals surface area contributed by atoms with E-state index in [1.54, 1.807) is 13.2 Å². The van der Waals surface area contributed by atoms with Crippen molar-refractivity contribution in [1.29, 1.82) is 0 Å². The van der Waals surface area contributed by atoms with E-state index in [2.05, 4.69) is 10.6 Å². The summed E-state index contributed by atoms with van der Waals surface area (Å²) in [6, 6.07) is 14.5. The van der Waals surface area contributed by atoms with Crippen molar-refractivity contribution < 1.29 is 19.0 Å². The number of urea groups is 1. The Hall–Kier alpha value is -2.89. The molecule has 2 amide bonds. The molecule has 0 spiro atoms. The first-order chi connectivity index (χ1) is 11.7. The zero-order valence-corrected chi connectivity index (χ0v) is 13.9. The Morgan fingerprint density at radius 1 is 0.917 bits per heavy atom. The lowest BCUT2D eigenvalue weighted by molar-refractivity contribution is 0.219. The zero-order chi connectivity index (χ0) is 17.2. The maximum atomic E-state index is 11.8. The molecule has 0 bridgehead atoms. The molecule has 2 aromatic rings. The molecule has 6 nitrogen and oxygen atoms in total. The highest BCUT2D eigenvalue weighted by Crippen LogP contribution is 2.25. The van der Waals surface area contributed by atoms with E-state index in [9.17, 15) is 4.79 Å². The van der Waals surface area contributed by atoms with E-state index in [0.29, 0.717) is 24.7 Å². The fourth-order valence-corrected chi connectivity index (χ4v) is 2.11. The normalized spacial score (nSPS) is 9.92. The zero-order valence-electron chi connectivity index (χ0n) is 13.9. The molecule has 2 N–H and O–H groups in total. The molecule has 0 aliphatic rings. The van der Waals surface area contributed by atoms with Gasteiger partial charge in [-0.05, 0) is 25.1 Å². The fraction of sp³-hybridized carbons (Fsp3) is 0.278. The maximum absolute atomic E-state index is 11.8. The third kappa shape index (κ3) is 5.08. The van der Waals surface area contributed by atoms with Crippen molar-refractivity contribution in [2.75, 3.05) is 20.4 Å². The van der Waals surface area contributed by atoms with Gasteiger partial charge in [-0.25, -0.2) is 4.79 Å². The quantitative estimate of drug-likeness (QED) is 0.730. The summed E-state index contributed by atoms with van der Waals surface area (Å²) < 4.78 is 16.2. The Labute approximate surface area is 141 Å². The average molecular weight is 330 g/mol. The third-order valence-electron chi connectivity index (χ3n) is 3.24. The number of hydrogen-bond donors (Lipinski definition) is 2. The number of methoxy groups -OCH3 is 1. The molecule has 0 heterocycles. The number of nitrogens with one attached hydrogen (secondary N) is 2. The van der Waals surface area contributed by atoms with Gasteiger partial charge in [0.25, 0.3) is 0 Å². The van der Waals surface area contributed by atoms with Crippen molar-refractivity contribution in [2.45, 2.75) is 13.5 Å². The molecule has 2 rings (SSSR count). The van der Waals surface area contributed by atoms with Crippen LogP contribution in [0.5, 0.6) is 17.2 Å². The molecule has 6 heteroatoms. The van der Waals surface area contributed by atoms with Crippen LogP contribution in [-0.2, 0) is 6.54 Å². The predicted molar refractivity (Wildman–Crippen MR) is 91.5 cm³/mol. The Morgan fingerprint density at radius 3 is 2.21 bits per heavy atom. The van der Waals surface area contributed by atoms with Crippen LogP contribution in [-0.4, -0.2) is 26.5 Å². The molecule has 0 saturated heterocycles. The number of para-hydroxylation sites is 3. The van der Waals surface area contributed by atoms with Crippen molar-refractivity contribution in [3.63, 3.8) is 0 Å². The first-order valence-corrected chi connectivity index (χ1v) is 7.72. The SMILES string of the molecule is CCOc1ccccc1OCNC(=O)NCc1ccccc1OC. The molecule has 128 valence electrons. The van der Waals surface area contributed by atoms with Crippen LogP contribution in [0.1, 0.15) is 12.5 Å². The van der Waals surface area contributed by atoms with Gasteiger partial charge in [-0.15, -0.1) is 0 Å². The highest BCUT2D eigenvalue weighted by molar-refractivity contribution is 5.73. The molecule has 24 heavy (non-hydrogen) atoms. The second-order valence-electron chi connectivity index (χ2n) is 4.84. The molecule has 0 aliphatic carbocycles. The van der Waals surface area contributed by atoms with E-state index in [1.165, 1.54) is 0 Å². The minimum Gasteiger partial charge on any atom is -0.496 e. The van der Waals surface area contributed by atoms with Crippen LogP contribution in [0.4, 0.5) is 4.79 Å². The summed E-state index contributed by atoms with van der Waals surface area (Å²) in [5.41, 5.74) is 0.901. The summed E-state index contributed by atoms with van der Waals surface area (Å²) in [6.45, 7) is 2.86. The summed E-state index contributed by atoms with van der Waals surface area (Å²) >= 11 is 0. The molecule has 0 aliphatic heterocycles. The van der Waals surface area contributed by atoms with Gasteiger partial charge in [-0.3, -0.25) is 0 Å². The van der Waals surface area contributed by atoms with E-state index in [4.69, 9.17) is 14.2 Å². The minimum atomic E-state index is -0.324. The molecule has 0 aromatic heterocycles. The molecular formula is C18H22N2O4. The monoisotopic (exact) mass is 330 g/mol. The summed E-state index contributed by atoms with van der Waals surface area (Å²) in [6.07, 6.45) is 0. The largest absolute Gasteiger partial charge is 0.496 e. The summed E-state index contributed by atoms with van der Waals surface area (Å²) in [7, 11) is 1.60. The second kappa shape index (κ2) is 9.29. The number of rotatable bonds is 8. The number of carbonyl (C=O) groups excluding carboxylic acids is 1. The predicted octanol–water partition coefficient (Wildman–Crippen LogP) is 2.93. The molecule has 0 unspecified atom stereocenters.